The number of alkyl halides is 1. The van der Waals surface area contributed by atoms with Gasteiger partial charge in [-0.2, -0.15) is 0 Å². The maximum Gasteiger partial charge on any atom is 0.214 e. The van der Waals surface area contributed by atoms with Crippen LogP contribution in [-0.4, -0.2) is 103 Å². The van der Waals surface area contributed by atoms with E-state index in [1.54, 1.807) is 32.2 Å². The van der Waals surface area contributed by atoms with Gasteiger partial charge in [-0.15, -0.1) is 5.10 Å². The molecule has 4 aromatic rings. The molecule has 4 fully saturated rings. The largest absolute Gasteiger partial charge is 0.367 e. The lowest BCUT2D eigenvalue weighted by atomic mass is 10.1. The zero-order chi connectivity index (χ0) is 35.8. The minimum absolute atomic E-state index is 0.0563. The number of rotatable bonds is 7. The van der Waals surface area contributed by atoms with E-state index in [1.165, 1.54) is 28.6 Å². The Morgan fingerprint density at radius 1 is 0.846 bits per heavy atom. The van der Waals surface area contributed by atoms with Crippen LogP contribution in [0.3, 0.4) is 0 Å². The normalized spacial score (nSPS) is 19.8. The number of aromatic nitrogens is 2. The minimum atomic E-state index is -0.887. The fourth-order valence-corrected chi connectivity index (χ4v) is 8.72. The van der Waals surface area contributed by atoms with Gasteiger partial charge in [-0.05, 0) is 38.1 Å². The molecule has 9 rings (SSSR count). The van der Waals surface area contributed by atoms with Crippen molar-refractivity contribution in [1.29, 1.82) is 0 Å². The Bertz CT molecular complexity index is 2250. The van der Waals surface area contributed by atoms with E-state index in [9.17, 15) is 14.0 Å². The maximum atomic E-state index is 16.2. The van der Waals surface area contributed by atoms with Gasteiger partial charge in [-0.3, -0.25) is 14.6 Å². The molecule has 6 heterocycles. The van der Waals surface area contributed by atoms with Gasteiger partial charge in [0.05, 0.1) is 39.9 Å². The van der Waals surface area contributed by atoms with Crippen LogP contribution in [0, 0.1) is 17.5 Å². The predicted molar refractivity (Wildman–Crippen MR) is 197 cm³/mol. The number of thioether (sulfide) groups is 1. The predicted octanol–water partition coefficient (Wildman–Crippen LogP) is 3.68. The van der Waals surface area contributed by atoms with Crippen LogP contribution in [0.4, 0.5) is 40.3 Å². The van der Waals surface area contributed by atoms with Crippen LogP contribution in [0.1, 0.15) is 18.9 Å². The average molecular weight is 739 g/mol. The van der Waals surface area contributed by atoms with Gasteiger partial charge in [-0.1, -0.05) is 11.8 Å². The second-order valence-corrected chi connectivity index (χ2v) is 14.9. The van der Waals surface area contributed by atoms with Crippen molar-refractivity contribution in [2.75, 3.05) is 98.4 Å². The Morgan fingerprint density at radius 3 is 2.31 bits per heavy atom. The standard InChI is InChI=1S/C35H38F4N10O2S/c1-42-10-12-44(13-11-42)32-25(38)15-23-31(30(32)39)45(7-4-36)17-29(34(23)51)49-20-52-35-41-47(19-48(35)49)28-18-46(21-2-3-21)26-16-27(43-8-5-40-6-9-43)24(37)14-22(26)33(28)50/h14-18,21,40H,2-13,19-20H2,1H3. The summed E-state index contributed by atoms with van der Waals surface area (Å²) in [5.74, 6) is -1.93. The zero-order valence-corrected chi connectivity index (χ0v) is 29.4. The van der Waals surface area contributed by atoms with Gasteiger partial charge in [0, 0.05) is 70.8 Å². The number of fused-ring (bicyclic) bond motifs is 3. The van der Waals surface area contributed by atoms with E-state index in [1.807, 2.05) is 16.5 Å². The van der Waals surface area contributed by atoms with Gasteiger partial charge in [0.15, 0.2) is 5.82 Å². The fourth-order valence-electron chi connectivity index (χ4n) is 7.74. The number of hydrogen-bond donors (Lipinski definition) is 1. The summed E-state index contributed by atoms with van der Waals surface area (Å²) in [6, 6.07) is 4.35. The van der Waals surface area contributed by atoms with Crippen molar-refractivity contribution in [3.8, 4) is 0 Å². The van der Waals surface area contributed by atoms with Gasteiger partial charge in [0.1, 0.15) is 42.0 Å². The number of likely N-dealkylation sites (N-methyl/N-ethyl adjacent to an activating group) is 1. The number of nitrogens with one attached hydrogen (secondary N) is 1. The van der Waals surface area contributed by atoms with E-state index in [2.05, 4.69) is 10.2 Å². The molecule has 0 atom stereocenters. The number of aryl methyl sites for hydroxylation is 1. The van der Waals surface area contributed by atoms with E-state index in [4.69, 9.17) is 5.10 Å². The van der Waals surface area contributed by atoms with Crippen LogP contribution in [0.2, 0.25) is 0 Å². The van der Waals surface area contributed by atoms with Crippen LogP contribution >= 0.6 is 11.8 Å². The van der Waals surface area contributed by atoms with Crippen LogP contribution in [0.5, 0.6) is 0 Å². The van der Waals surface area contributed by atoms with Crippen molar-refractivity contribution in [1.82, 2.24) is 24.4 Å². The minimum Gasteiger partial charge on any atom is -0.367 e. The van der Waals surface area contributed by atoms with Crippen molar-refractivity contribution in [2.45, 2.75) is 25.4 Å². The number of amidine groups is 1. The Balaban J connectivity index is 1.07. The monoisotopic (exact) mass is 738 g/mol. The zero-order valence-electron chi connectivity index (χ0n) is 28.6. The number of halogens is 4. The highest BCUT2D eigenvalue weighted by atomic mass is 32.2. The highest BCUT2D eigenvalue weighted by molar-refractivity contribution is 8.14. The molecule has 17 heteroatoms. The summed E-state index contributed by atoms with van der Waals surface area (Å²) in [4.78, 5) is 33.8. The highest BCUT2D eigenvalue weighted by Crippen LogP contribution is 2.40. The maximum absolute atomic E-state index is 16.2. The summed E-state index contributed by atoms with van der Waals surface area (Å²) in [6.07, 6.45) is 5.08. The van der Waals surface area contributed by atoms with Crippen molar-refractivity contribution in [3.63, 3.8) is 0 Å². The van der Waals surface area contributed by atoms with Gasteiger partial charge in [0.25, 0.3) is 0 Å². The molecule has 52 heavy (non-hydrogen) atoms. The number of piperazine rings is 2. The number of hydrazine groups is 1. The molecular weight excluding hydrogens is 701 g/mol. The van der Waals surface area contributed by atoms with Crippen LogP contribution < -0.4 is 36.0 Å². The molecule has 5 aliphatic rings. The Kier molecular flexibility index (Phi) is 8.26. The number of nitrogens with zero attached hydrogens (tertiary/aromatic N) is 9. The van der Waals surface area contributed by atoms with E-state index in [0.29, 0.717) is 55.6 Å². The summed E-state index contributed by atoms with van der Waals surface area (Å²) in [6.45, 7) is 3.89. The highest BCUT2D eigenvalue weighted by Gasteiger charge is 2.39. The molecule has 0 spiro atoms. The number of anilines is 4. The van der Waals surface area contributed by atoms with E-state index in [-0.39, 0.29) is 63.9 Å². The molecule has 1 N–H and O–H groups in total. The van der Waals surface area contributed by atoms with Gasteiger partial charge in [-0.25, -0.2) is 27.6 Å². The topological polar surface area (TPSA) is 87.8 Å². The summed E-state index contributed by atoms with van der Waals surface area (Å²) >= 11 is 1.33. The SMILES string of the molecule is CN1CCN(c2c(F)cc3c(=O)c(N4CSC5=NN(c6cn(C7CC7)c7cc(N8CCNCC8)c(F)cc7c6=O)CN54)cn(CCF)c3c2F)CC1. The molecule has 4 aliphatic heterocycles. The van der Waals surface area contributed by atoms with Gasteiger partial charge < -0.3 is 29.2 Å². The molecule has 0 bridgehead atoms. The number of hydrazone groups is 1. The third-order valence-corrected chi connectivity index (χ3v) is 11.6. The lowest BCUT2D eigenvalue weighted by Gasteiger charge is -2.34. The van der Waals surface area contributed by atoms with Crippen LogP contribution in [-0.2, 0) is 6.54 Å². The Labute approximate surface area is 300 Å². The summed E-state index contributed by atoms with van der Waals surface area (Å²) < 4.78 is 64.8. The first-order valence-corrected chi connectivity index (χ1v) is 18.6. The molecule has 0 amide bonds. The molecule has 0 radical (unpaired) electrons. The van der Waals surface area contributed by atoms with Crippen molar-refractivity contribution < 1.29 is 17.6 Å². The average Bonchev–Trinajstić information content (AvgIpc) is 3.78. The Hall–Kier alpha value is -4.48. The molecule has 3 saturated heterocycles. The van der Waals surface area contributed by atoms with E-state index < -0.39 is 29.6 Å². The molecule has 2 aromatic heterocycles. The van der Waals surface area contributed by atoms with Crippen molar-refractivity contribution in [3.05, 3.63) is 68.5 Å². The fraction of sp³-hybridized carbons (Fsp3) is 0.457. The summed E-state index contributed by atoms with van der Waals surface area (Å²) in [7, 11) is 1.94. The number of hydrogen-bond acceptors (Lipinski definition) is 11. The summed E-state index contributed by atoms with van der Waals surface area (Å²) in [5, 5.41) is 13.5. The van der Waals surface area contributed by atoms with Crippen LogP contribution in [0.15, 0.2) is 45.3 Å². The first-order valence-electron chi connectivity index (χ1n) is 17.6. The molecule has 1 saturated carbocycles. The van der Waals surface area contributed by atoms with Crippen molar-refractivity contribution >= 4 is 61.5 Å². The molecule has 1 aliphatic carbocycles. The van der Waals surface area contributed by atoms with E-state index >= 15 is 13.2 Å². The second-order valence-electron chi connectivity index (χ2n) is 14.0. The lowest BCUT2D eigenvalue weighted by molar-refractivity contribution is 0.310. The van der Waals surface area contributed by atoms with Gasteiger partial charge >= 0.3 is 0 Å². The first-order chi connectivity index (χ1) is 25.2. The third-order valence-electron chi connectivity index (χ3n) is 10.7. The second kappa shape index (κ2) is 12.9. The Morgan fingerprint density at radius 2 is 1.58 bits per heavy atom. The van der Waals surface area contributed by atoms with Crippen LogP contribution in [0.25, 0.3) is 21.8 Å². The molecule has 12 nitrogen and oxygen atoms in total. The molecular formula is C35H38F4N10O2S. The lowest BCUT2D eigenvalue weighted by Crippen LogP contribution is -2.45. The molecule has 0 unspecified atom stereocenters. The van der Waals surface area contributed by atoms with Gasteiger partial charge in [0.2, 0.25) is 16.0 Å². The van der Waals surface area contributed by atoms with Crippen molar-refractivity contribution in [2.24, 2.45) is 5.10 Å². The number of benzene rings is 2. The smallest absolute Gasteiger partial charge is 0.214 e. The molecule has 2 aromatic carbocycles. The first kappa shape index (κ1) is 33.4. The van der Waals surface area contributed by atoms with E-state index in [0.717, 1.165) is 32.0 Å². The molecule has 274 valence electrons. The number of pyridine rings is 2. The third kappa shape index (κ3) is 5.46. The summed E-state index contributed by atoms with van der Waals surface area (Å²) in [5.41, 5.74) is 0.198. The quantitative estimate of drug-likeness (QED) is 0.284.